The molecule has 0 saturated carbocycles. The lowest BCUT2D eigenvalue weighted by Crippen LogP contribution is -2.22. The third-order valence-corrected chi connectivity index (χ3v) is 4.43. The quantitative estimate of drug-likeness (QED) is 0.873. The molecule has 0 saturated heterocycles. The van der Waals surface area contributed by atoms with E-state index in [0.29, 0.717) is 6.42 Å². The summed E-state index contributed by atoms with van der Waals surface area (Å²) in [6, 6.07) is 13.5. The summed E-state index contributed by atoms with van der Waals surface area (Å²) in [6.07, 6.45) is 1.43. The zero-order valence-corrected chi connectivity index (χ0v) is 12.7. The largest absolute Gasteiger partial charge is 0.327 e. The van der Waals surface area contributed by atoms with Crippen molar-refractivity contribution >= 4 is 11.8 Å². The number of hydrogen-bond acceptors (Lipinski definition) is 2. The van der Waals surface area contributed by atoms with E-state index >= 15 is 0 Å². The van der Waals surface area contributed by atoms with Crippen molar-refractivity contribution in [2.75, 3.05) is 0 Å². The fourth-order valence-electron chi connectivity index (χ4n) is 1.97. The van der Waals surface area contributed by atoms with Gasteiger partial charge in [-0.2, -0.15) is 0 Å². The first-order valence-electron chi connectivity index (χ1n) is 6.87. The van der Waals surface area contributed by atoms with Gasteiger partial charge in [0.2, 0.25) is 0 Å². The normalized spacial score (nSPS) is 12.4. The standard InChI is InChI=1S/C17H20FNS/c1-3-13(19)11-15-16(18)5-4-6-17(15)20-14-9-7-12(2)8-10-14/h4-10,13H,3,11,19H2,1-2H3. The molecule has 0 aliphatic carbocycles. The number of aryl methyl sites for hydroxylation is 1. The molecule has 1 atom stereocenters. The molecule has 2 aromatic carbocycles. The van der Waals surface area contributed by atoms with Crippen molar-refractivity contribution in [2.24, 2.45) is 5.73 Å². The molecule has 20 heavy (non-hydrogen) atoms. The van der Waals surface area contributed by atoms with Crippen LogP contribution in [-0.2, 0) is 6.42 Å². The van der Waals surface area contributed by atoms with Gasteiger partial charge in [-0.05, 0) is 44.0 Å². The molecular weight excluding hydrogens is 269 g/mol. The third kappa shape index (κ3) is 3.84. The number of nitrogens with two attached hydrogens (primary N) is 1. The molecule has 0 heterocycles. The molecule has 0 amide bonds. The summed E-state index contributed by atoms with van der Waals surface area (Å²) in [4.78, 5) is 2.07. The summed E-state index contributed by atoms with van der Waals surface area (Å²) in [5.74, 6) is -0.161. The van der Waals surface area contributed by atoms with E-state index in [0.717, 1.165) is 21.8 Å². The Morgan fingerprint density at radius 3 is 2.50 bits per heavy atom. The fraction of sp³-hybridized carbons (Fsp3) is 0.294. The van der Waals surface area contributed by atoms with Crippen molar-refractivity contribution in [1.29, 1.82) is 0 Å². The van der Waals surface area contributed by atoms with Gasteiger partial charge in [-0.15, -0.1) is 0 Å². The van der Waals surface area contributed by atoms with Gasteiger partial charge in [0.1, 0.15) is 5.82 Å². The van der Waals surface area contributed by atoms with Crippen LogP contribution in [-0.4, -0.2) is 6.04 Å². The maximum atomic E-state index is 14.0. The van der Waals surface area contributed by atoms with E-state index in [1.54, 1.807) is 17.8 Å². The Bertz CT molecular complexity index is 566. The SMILES string of the molecule is CCC(N)Cc1c(F)cccc1Sc1ccc(C)cc1. The highest BCUT2D eigenvalue weighted by atomic mass is 32.2. The molecule has 0 radical (unpaired) electrons. The lowest BCUT2D eigenvalue weighted by Gasteiger charge is -2.14. The second kappa shape index (κ2) is 6.91. The Morgan fingerprint density at radius 1 is 1.15 bits per heavy atom. The summed E-state index contributed by atoms with van der Waals surface area (Å²) >= 11 is 1.59. The van der Waals surface area contributed by atoms with Crippen LogP contribution in [0.2, 0.25) is 0 Å². The number of hydrogen-bond donors (Lipinski definition) is 1. The number of benzene rings is 2. The van der Waals surface area contributed by atoms with Gasteiger partial charge in [0.25, 0.3) is 0 Å². The van der Waals surface area contributed by atoms with E-state index in [1.165, 1.54) is 11.6 Å². The van der Waals surface area contributed by atoms with E-state index in [4.69, 9.17) is 5.73 Å². The average Bonchev–Trinajstić information content (AvgIpc) is 2.45. The highest BCUT2D eigenvalue weighted by Gasteiger charge is 2.12. The Labute approximate surface area is 124 Å². The van der Waals surface area contributed by atoms with Crippen molar-refractivity contribution in [1.82, 2.24) is 0 Å². The predicted molar refractivity (Wildman–Crippen MR) is 83.7 cm³/mol. The third-order valence-electron chi connectivity index (χ3n) is 3.32. The summed E-state index contributed by atoms with van der Waals surface area (Å²) in [5.41, 5.74) is 7.93. The van der Waals surface area contributed by atoms with E-state index in [9.17, 15) is 4.39 Å². The summed E-state index contributed by atoms with van der Waals surface area (Å²) in [5, 5.41) is 0. The molecule has 2 rings (SSSR count). The van der Waals surface area contributed by atoms with E-state index in [1.807, 2.05) is 13.0 Å². The predicted octanol–water partition coefficient (Wildman–Crippen LogP) is 4.57. The molecule has 0 fully saturated rings. The molecule has 2 aromatic rings. The van der Waals surface area contributed by atoms with Crippen LogP contribution in [0.5, 0.6) is 0 Å². The van der Waals surface area contributed by atoms with Gasteiger partial charge in [-0.3, -0.25) is 0 Å². The summed E-state index contributed by atoms with van der Waals surface area (Å²) < 4.78 is 14.0. The first-order valence-corrected chi connectivity index (χ1v) is 7.69. The van der Waals surface area contributed by atoms with Crippen molar-refractivity contribution < 1.29 is 4.39 Å². The smallest absolute Gasteiger partial charge is 0.127 e. The second-order valence-electron chi connectivity index (χ2n) is 5.00. The average molecular weight is 289 g/mol. The first-order chi connectivity index (χ1) is 9.60. The Morgan fingerprint density at radius 2 is 1.85 bits per heavy atom. The number of rotatable bonds is 5. The van der Waals surface area contributed by atoms with Crippen LogP contribution in [0.3, 0.4) is 0 Å². The Balaban J connectivity index is 2.26. The molecule has 1 nitrogen and oxygen atoms in total. The lowest BCUT2D eigenvalue weighted by molar-refractivity contribution is 0.571. The maximum absolute atomic E-state index is 14.0. The van der Waals surface area contributed by atoms with Crippen molar-refractivity contribution in [3.63, 3.8) is 0 Å². The van der Waals surface area contributed by atoms with Crippen molar-refractivity contribution in [3.05, 3.63) is 59.4 Å². The van der Waals surface area contributed by atoms with Gasteiger partial charge in [0.15, 0.2) is 0 Å². The topological polar surface area (TPSA) is 26.0 Å². The van der Waals surface area contributed by atoms with Crippen LogP contribution in [0, 0.1) is 12.7 Å². The van der Waals surface area contributed by atoms with Gasteiger partial charge >= 0.3 is 0 Å². The first kappa shape index (κ1) is 15.1. The Hall–Kier alpha value is -1.32. The maximum Gasteiger partial charge on any atom is 0.127 e. The van der Waals surface area contributed by atoms with Crippen LogP contribution in [0.25, 0.3) is 0 Å². The zero-order valence-electron chi connectivity index (χ0n) is 11.9. The Kier molecular flexibility index (Phi) is 5.21. The van der Waals surface area contributed by atoms with Crippen LogP contribution >= 0.6 is 11.8 Å². The summed E-state index contributed by atoms with van der Waals surface area (Å²) in [6.45, 7) is 4.08. The molecule has 106 valence electrons. The molecule has 2 N–H and O–H groups in total. The van der Waals surface area contributed by atoms with Crippen molar-refractivity contribution in [3.8, 4) is 0 Å². The summed E-state index contributed by atoms with van der Waals surface area (Å²) in [7, 11) is 0. The molecule has 3 heteroatoms. The van der Waals surface area contributed by atoms with E-state index in [2.05, 4.69) is 31.2 Å². The molecule has 0 aliphatic rings. The lowest BCUT2D eigenvalue weighted by atomic mass is 10.0. The second-order valence-corrected chi connectivity index (χ2v) is 6.12. The minimum Gasteiger partial charge on any atom is -0.327 e. The van der Waals surface area contributed by atoms with E-state index in [-0.39, 0.29) is 11.9 Å². The van der Waals surface area contributed by atoms with Gasteiger partial charge < -0.3 is 5.73 Å². The van der Waals surface area contributed by atoms with Crippen LogP contribution in [0.1, 0.15) is 24.5 Å². The van der Waals surface area contributed by atoms with Crippen molar-refractivity contribution in [2.45, 2.75) is 42.5 Å². The van der Waals surface area contributed by atoms with Gasteiger partial charge in [0, 0.05) is 21.4 Å². The fourth-order valence-corrected chi connectivity index (χ4v) is 2.95. The molecule has 0 spiro atoms. The van der Waals surface area contributed by atoms with E-state index < -0.39 is 0 Å². The highest BCUT2D eigenvalue weighted by molar-refractivity contribution is 7.99. The number of halogens is 1. The van der Waals surface area contributed by atoms with Crippen LogP contribution in [0.15, 0.2) is 52.3 Å². The minimum atomic E-state index is -0.161. The molecule has 0 aromatic heterocycles. The zero-order chi connectivity index (χ0) is 14.5. The highest BCUT2D eigenvalue weighted by Crippen LogP contribution is 2.32. The molecule has 0 aliphatic heterocycles. The van der Waals surface area contributed by atoms with Gasteiger partial charge in [-0.25, -0.2) is 4.39 Å². The van der Waals surface area contributed by atoms with Gasteiger partial charge in [-0.1, -0.05) is 42.4 Å². The van der Waals surface area contributed by atoms with Crippen LogP contribution < -0.4 is 5.73 Å². The van der Waals surface area contributed by atoms with Crippen LogP contribution in [0.4, 0.5) is 4.39 Å². The molecule has 0 bridgehead atoms. The molecule has 1 unspecified atom stereocenters. The minimum absolute atomic E-state index is 0.00395. The monoisotopic (exact) mass is 289 g/mol. The van der Waals surface area contributed by atoms with Gasteiger partial charge in [0.05, 0.1) is 0 Å². The molecular formula is C17H20FNS.